The molecule has 1 amide bonds. The number of carbonyl (C=O) groups is 1. The number of benzene rings is 2. The van der Waals surface area contributed by atoms with Crippen LogP contribution in [0.2, 0.25) is 10.0 Å². The summed E-state index contributed by atoms with van der Waals surface area (Å²) in [5.41, 5.74) is 0.534. The van der Waals surface area contributed by atoms with Crippen molar-refractivity contribution in [2.75, 3.05) is 11.1 Å². The molecule has 31 heavy (non-hydrogen) atoms. The number of anilines is 1. The van der Waals surface area contributed by atoms with Crippen LogP contribution >= 0.6 is 50.9 Å². The van der Waals surface area contributed by atoms with Gasteiger partial charge >= 0.3 is 0 Å². The van der Waals surface area contributed by atoms with Crippen molar-refractivity contribution in [3.63, 3.8) is 0 Å². The Balaban J connectivity index is 1.65. The Bertz CT molecular complexity index is 1100. The maximum absolute atomic E-state index is 13.2. The monoisotopic (exact) mass is 546 g/mol. The molecule has 1 N–H and O–H groups in total. The van der Waals surface area contributed by atoms with Crippen LogP contribution in [0.5, 0.6) is 5.75 Å². The molecule has 1 unspecified atom stereocenters. The normalized spacial score (nSPS) is 11.9. The third-order valence-corrected chi connectivity index (χ3v) is 6.23. The van der Waals surface area contributed by atoms with E-state index in [4.69, 9.17) is 27.9 Å². The second-order valence-electron chi connectivity index (χ2n) is 6.38. The lowest BCUT2D eigenvalue weighted by Gasteiger charge is -2.16. The molecule has 0 aliphatic rings. The SMILES string of the molecule is CCn1c(SCC(=O)Nc2ccc(Br)cc2Cl)nnc1C(C)Oc1ccc(F)cc1Cl. The first-order valence-corrected chi connectivity index (χ1v) is 11.7. The molecule has 3 rings (SSSR count). The molecule has 0 saturated heterocycles. The Hall–Kier alpha value is -1.81. The number of carbonyl (C=O) groups excluding carboxylic acids is 1. The van der Waals surface area contributed by atoms with Crippen LogP contribution in [0, 0.1) is 5.82 Å². The predicted octanol–water partition coefficient (Wildman–Crippen LogP) is 6.38. The van der Waals surface area contributed by atoms with Gasteiger partial charge in [-0.2, -0.15) is 0 Å². The van der Waals surface area contributed by atoms with Gasteiger partial charge < -0.3 is 14.6 Å². The summed E-state index contributed by atoms with van der Waals surface area (Å²) in [7, 11) is 0. The maximum atomic E-state index is 13.2. The number of nitrogens with zero attached hydrogens (tertiary/aromatic N) is 3. The average Bonchev–Trinajstić information content (AvgIpc) is 3.13. The molecule has 11 heteroatoms. The van der Waals surface area contributed by atoms with Crippen LogP contribution < -0.4 is 10.1 Å². The lowest BCUT2D eigenvalue weighted by molar-refractivity contribution is -0.113. The second kappa shape index (κ2) is 10.7. The van der Waals surface area contributed by atoms with E-state index in [0.717, 1.165) is 4.47 Å². The fourth-order valence-corrected chi connectivity index (χ4v) is 4.47. The number of hydrogen-bond donors (Lipinski definition) is 1. The maximum Gasteiger partial charge on any atom is 0.234 e. The Labute approximate surface area is 201 Å². The molecule has 1 atom stereocenters. The van der Waals surface area contributed by atoms with Crippen LogP contribution in [-0.2, 0) is 11.3 Å². The Morgan fingerprint density at radius 3 is 2.71 bits per heavy atom. The standard InChI is InChI=1S/C20H18BrCl2FN4O2S/c1-3-28-19(11(2)30-17-7-5-13(24)9-15(17)23)26-27-20(28)31-10-18(29)25-16-6-4-12(21)8-14(16)22/h4-9,11H,3,10H2,1-2H3,(H,25,29). The van der Waals surface area contributed by atoms with Gasteiger partial charge in [0, 0.05) is 11.0 Å². The van der Waals surface area contributed by atoms with Crippen LogP contribution in [-0.4, -0.2) is 26.4 Å². The minimum absolute atomic E-state index is 0.129. The van der Waals surface area contributed by atoms with Gasteiger partial charge in [0.1, 0.15) is 11.6 Å². The topological polar surface area (TPSA) is 69.0 Å². The zero-order valence-electron chi connectivity index (χ0n) is 16.5. The van der Waals surface area contributed by atoms with Gasteiger partial charge in [-0.25, -0.2) is 4.39 Å². The minimum Gasteiger partial charge on any atom is -0.481 e. The lowest BCUT2D eigenvalue weighted by Crippen LogP contribution is -2.15. The molecule has 3 aromatic rings. The zero-order chi connectivity index (χ0) is 22.5. The molecule has 1 heterocycles. The molecule has 0 fully saturated rings. The average molecular weight is 548 g/mol. The van der Waals surface area contributed by atoms with E-state index in [9.17, 15) is 9.18 Å². The number of aromatic nitrogens is 3. The molecule has 2 aromatic carbocycles. The van der Waals surface area contributed by atoms with Crippen LogP contribution in [0.1, 0.15) is 25.8 Å². The van der Waals surface area contributed by atoms with Gasteiger partial charge in [0.05, 0.1) is 21.5 Å². The Kier molecular flexibility index (Phi) is 8.21. The van der Waals surface area contributed by atoms with E-state index in [1.54, 1.807) is 25.1 Å². The van der Waals surface area contributed by atoms with Gasteiger partial charge in [-0.15, -0.1) is 10.2 Å². The fourth-order valence-electron chi connectivity index (χ4n) is 2.73. The molecule has 0 aliphatic heterocycles. The third-order valence-electron chi connectivity index (χ3n) is 4.16. The second-order valence-corrected chi connectivity index (χ2v) is 9.05. The van der Waals surface area contributed by atoms with Gasteiger partial charge in [-0.3, -0.25) is 4.79 Å². The van der Waals surface area contributed by atoms with E-state index < -0.39 is 11.9 Å². The number of halogens is 4. The molecule has 0 spiro atoms. The summed E-state index contributed by atoms with van der Waals surface area (Å²) < 4.78 is 21.8. The van der Waals surface area contributed by atoms with Gasteiger partial charge in [0.15, 0.2) is 17.1 Å². The smallest absolute Gasteiger partial charge is 0.234 e. The highest BCUT2D eigenvalue weighted by atomic mass is 79.9. The molecule has 0 saturated carbocycles. The van der Waals surface area contributed by atoms with Crippen molar-refractivity contribution >= 4 is 62.5 Å². The summed E-state index contributed by atoms with van der Waals surface area (Å²) >= 11 is 16.8. The van der Waals surface area contributed by atoms with Crippen molar-refractivity contribution in [1.82, 2.24) is 14.8 Å². The highest BCUT2D eigenvalue weighted by molar-refractivity contribution is 9.10. The first-order valence-electron chi connectivity index (χ1n) is 9.21. The molecular weight excluding hydrogens is 530 g/mol. The number of amides is 1. The summed E-state index contributed by atoms with van der Waals surface area (Å²) in [6.07, 6.45) is -0.486. The predicted molar refractivity (Wildman–Crippen MR) is 125 cm³/mol. The molecule has 164 valence electrons. The first-order chi connectivity index (χ1) is 14.8. The summed E-state index contributed by atoms with van der Waals surface area (Å²) in [5, 5.41) is 12.4. The highest BCUT2D eigenvalue weighted by Gasteiger charge is 2.20. The van der Waals surface area contributed by atoms with Crippen LogP contribution in [0.15, 0.2) is 46.0 Å². The zero-order valence-corrected chi connectivity index (χ0v) is 20.4. The van der Waals surface area contributed by atoms with E-state index >= 15 is 0 Å². The van der Waals surface area contributed by atoms with Crippen molar-refractivity contribution in [2.45, 2.75) is 31.7 Å². The number of ether oxygens (including phenoxy) is 1. The van der Waals surface area contributed by atoms with Gasteiger partial charge in [-0.1, -0.05) is 50.9 Å². The summed E-state index contributed by atoms with van der Waals surface area (Å²) in [4.78, 5) is 12.3. The first kappa shape index (κ1) is 23.8. The quantitative estimate of drug-likeness (QED) is 0.331. The van der Waals surface area contributed by atoms with Crippen molar-refractivity contribution in [3.8, 4) is 5.75 Å². The fraction of sp³-hybridized carbons (Fsp3) is 0.250. The molecule has 0 radical (unpaired) electrons. The van der Waals surface area contributed by atoms with Crippen LogP contribution in [0.4, 0.5) is 10.1 Å². The van der Waals surface area contributed by atoms with Crippen molar-refractivity contribution in [3.05, 3.63) is 62.6 Å². The molecule has 0 aliphatic carbocycles. The van der Waals surface area contributed by atoms with E-state index in [0.29, 0.717) is 34.0 Å². The van der Waals surface area contributed by atoms with Crippen molar-refractivity contribution in [1.29, 1.82) is 0 Å². The minimum atomic E-state index is -0.486. The van der Waals surface area contributed by atoms with Crippen LogP contribution in [0.3, 0.4) is 0 Å². The van der Waals surface area contributed by atoms with Gasteiger partial charge in [0.2, 0.25) is 5.91 Å². The van der Waals surface area contributed by atoms with Gasteiger partial charge in [0.25, 0.3) is 0 Å². The third kappa shape index (κ3) is 6.12. The molecular formula is C20H18BrCl2FN4O2S. The summed E-state index contributed by atoms with van der Waals surface area (Å²) in [5.74, 6) is 0.388. The van der Waals surface area contributed by atoms with E-state index in [1.807, 2.05) is 11.5 Å². The molecule has 1 aromatic heterocycles. The molecule has 6 nitrogen and oxygen atoms in total. The largest absolute Gasteiger partial charge is 0.481 e. The number of thioether (sulfide) groups is 1. The number of nitrogens with one attached hydrogen (secondary N) is 1. The summed E-state index contributed by atoms with van der Waals surface area (Å²) in [6, 6.07) is 9.15. The Morgan fingerprint density at radius 2 is 2.03 bits per heavy atom. The van der Waals surface area contributed by atoms with E-state index in [1.165, 1.54) is 30.0 Å². The van der Waals surface area contributed by atoms with Crippen LogP contribution in [0.25, 0.3) is 0 Å². The molecule has 0 bridgehead atoms. The number of rotatable bonds is 8. The van der Waals surface area contributed by atoms with Gasteiger partial charge in [-0.05, 0) is 50.2 Å². The Morgan fingerprint density at radius 1 is 1.26 bits per heavy atom. The lowest BCUT2D eigenvalue weighted by atomic mass is 10.3. The summed E-state index contributed by atoms with van der Waals surface area (Å²) in [6.45, 7) is 4.32. The van der Waals surface area contributed by atoms with Crippen molar-refractivity contribution < 1.29 is 13.9 Å². The highest BCUT2D eigenvalue weighted by Crippen LogP contribution is 2.30. The van der Waals surface area contributed by atoms with Crippen molar-refractivity contribution in [2.24, 2.45) is 0 Å². The number of hydrogen-bond acceptors (Lipinski definition) is 5. The van der Waals surface area contributed by atoms with E-state index in [-0.39, 0.29) is 16.7 Å². The van der Waals surface area contributed by atoms with E-state index in [2.05, 4.69) is 31.4 Å².